The zero-order chi connectivity index (χ0) is 20.6. The fraction of sp³-hybridized carbons (Fsp3) is 0.696. The first-order valence-corrected chi connectivity index (χ1v) is 11.0. The number of phenols is 1. The maximum atomic E-state index is 12.8. The van der Waals surface area contributed by atoms with Gasteiger partial charge < -0.3 is 19.9 Å². The molecule has 1 amide bonds. The maximum absolute atomic E-state index is 12.8. The smallest absolute Gasteiger partial charge is 0.255 e. The number of fused-ring (bicyclic) bond motifs is 3. The van der Waals surface area contributed by atoms with Crippen LogP contribution in [-0.2, 0) is 4.74 Å². The summed E-state index contributed by atoms with van der Waals surface area (Å²) in [6.07, 6.45) is 3.31. The molecule has 1 saturated heterocycles. The minimum absolute atomic E-state index is 0.103. The number of aromatic hydroxyl groups is 1. The summed E-state index contributed by atoms with van der Waals surface area (Å²) < 4.78 is 11.6. The number of rotatable bonds is 4. The Labute approximate surface area is 173 Å². The zero-order valence-corrected chi connectivity index (χ0v) is 17.9. The minimum atomic E-state index is -0.258. The van der Waals surface area contributed by atoms with Crippen molar-refractivity contribution in [3.8, 4) is 11.5 Å². The van der Waals surface area contributed by atoms with Crippen LogP contribution in [0.4, 0.5) is 0 Å². The van der Waals surface area contributed by atoms with E-state index in [1.54, 1.807) is 6.07 Å². The molecule has 2 fully saturated rings. The average Bonchev–Trinajstić information content (AvgIpc) is 2.68. The molecule has 2 N–H and O–H groups in total. The highest BCUT2D eigenvalue weighted by atomic mass is 16.5. The first kappa shape index (κ1) is 20.5. The van der Waals surface area contributed by atoms with Gasteiger partial charge in [0, 0.05) is 37.7 Å². The molecule has 0 radical (unpaired) electrons. The van der Waals surface area contributed by atoms with Gasteiger partial charge in [-0.1, -0.05) is 13.3 Å². The Morgan fingerprint density at radius 3 is 2.79 bits per heavy atom. The Bertz CT molecular complexity index is 757. The first-order valence-electron chi connectivity index (χ1n) is 11.0. The molecule has 29 heavy (non-hydrogen) atoms. The van der Waals surface area contributed by atoms with Crippen molar-refractivity contribution in [1.82, 2.24) is 10.2 Å². The van der Waals surface area contributed by atoms with E-state index in [-0.39, 0.29) is 23.2 Å². The zero-order valence-electron chi connectivity index (χ0n) is 17.9. The van der Waals surface area contributed by atoms with Gasteiger partial charge in [-0.05, 0) is 50.7 Å². The fourth-order valence-corrected chi connectivity index (χ4v) is 5.36. The number of phenolic OH excluding ortho intramolecular Hbond substituents is 1. The topological polar surface area (TPSA) is 71.0 Å². The van der Waals surface area contributed by atoms with Crippen molar-refractivity contribution in [3.05, 3.63) is 23.3 Å². The monoisotopic (exact) mass is 402 g/mol. The van der Waals surface area contributed by atoms with Crippen molar-refractivity contribution in [1.29, 1.82) is 0 Å². The Kier molecular flexibility index (Phi) is 5.76. The number of amides is 1. The number of ether oxygens (including phenoxy) is 2. The average molecular weight is 403 g/mol. The second-order valence-electron chi connectivity index (χ2n) is 9.42. The van der Waals surface area contributed by atoms with Crippen molar-refractivity contribution in [2.24, 2.45) is 11.8 Å². The third-order valence-electron chi connectivity index (χ3n) is 6.99. The lowest BCUT2D eigenvalue weighted by atomic mass is 9.64. The number of nitrogens with one attached hydrogen (secondary N) is 1. The van der Waals surface area contributed by atoms with Gasteiger partial charge in [0.2, 0.25) is 0 Å². The summed E-state index contributed by atoms with van der Waals surface area (Å²) in [6, 6.07) is 3.56. The van der Waals surface area contributed by atoms with Crippen molar-refractivity contribution < 1.29 is 19.4 Å². The number of hydrogen-bond acceptors (Lipinski definition) is 5. The molecule has 2 heterocycles. The molecule has 1 aromatic carbocycles. The quantitative estimate of drug-likeness (QED) is 0.810. The van der Waals surface area contributed by atoms with E-state index < -0.39 is 0 Å². The molecule has 1 aromatic rings. The van der Waals surface area contributed by atoms with Gasteiger partial charge in [-0.15, -0.1) is 0 Å². The lowest BCUT2D eigenvalue weighted by Gasteiger charge is -2.48. The van der Waals surface area contributed by atoms with Gasteiger partial charge in [0.15, 0.2) is 0 Å². The Balaban J connectivity index is 1.51. The fourth-order valence-electron chi connectivity index (χ4n) is 5.36. The van der Waals surface area contributed by atoms with Crippen LogP contribution in [0.1, 0.15) is 61.9 Å². The van der Waals surface area contributed by atoms with Crippen LogP contribution in [0.25, 0.3) is 0 Å². The third kappa shape index (κ3) is 4.10. The van der Waals surface area contributed by atoms with E-state index >= 15 is 0 Å². The molecule has 160 valence electrons. The van der Waals surface area contributed by atoms with Crippen LogP contribution in [0.5, 0.6) is 11.5 Å². The molecular weight excluding hydrogens is 368 g/mol. The summed E-state index contributed by atoms with van der Waals surface area (Å²) in [5.74, 6) is 1.82. The summed E-state index contributed by atoms with van der Waals surface area (Å²) in [5.41, 5.74) is 0.930. The normalized spacial score (nSPS) is 28.7. The van der Waals surface area contributed by atoms with Gasteiger partial charge in [0.05, 0.1) is 18.8 Å². The van der Waals surface area contributed by atoms with E-state index in [9.17, 15) is 9.90 Å². The van der Waals surface area contributed by atoms with E-state index in [1.165, 1.54) is 6.42 Å². The highest BCUT2D eigenvalue weighted by Crippen LogP contribution is 2.55. The number of nitrogens with zero attached hydrogens (tertiary/aromatic N) is 1. The van der Waals surface area contributed by atoms with E-state index in [0.717, 1.165) is 57.0 Å². The van der Waals surface area contributed by atoms with Gasteiger partial charge in [-0.2, -0.15) is 0 Å². The number of carbonyl (C=O) groups excluding carboxylic acids is 1. The molecule has 3 atom stereocenters. The highest BCUT2D eigenvalue weighted by molar-refractivity contribution is 5.97. The van der Waals surface area contributed by atoms with Gasteiger partial charge in [-0.25, -0.2) is 0 Å². The van der Waals surface area contributed by atoms with Crippen LogP contribution in [0.15, 0.2) is 12.1 Å². The van der Waals surface area contributed by atoms with Crippen molar-refractivity contribution in [2.75, 3.05) is 39.4 Å². The first-order chi connectivity index (χ1) is 13.9. The molecule has 3 aliphatic rings. The van der Waals surface area contributed by atoms with Gasteiger partial charge in [0.1, 0.15) is 17.1 Å². The van der Waals surface area contributed by atoms with Crippen LogP contribution in [-0.4, -0.2) is 60.9 Å². The maximum Gasteiger partial charge on any atom is 0.255 e. The molecule has 1 saturated carbocycles. The molecule has 6 nitrogen and oxygen atoms in total. The molecule has 4 rings (SSSR count). The largest absolute Gasteiger partial charge is 0.507 e. The van der Waals surface area contributed by atoms with Gasteiger partial charge in [0.25, 0.3) is 5.91 Å². The van der Waals surface area contributed by atoms with Crippen LogP contribution in [0.3, 0.4) is 0 Å². The number of hydrogen-bond donors (Lipinski definition) is 2. The van der Waals surface area contributed by atoms with E-state index in [0.29, 0.717) is 23.9 Å². The third-order valence-corrected chi connectivity index (χ3v) is 6.99. The number of carbonyl (C=O) groups is 1. The predicted octanol–water partition coefficient (Wildman–Crippen LogP) is 3.15. The molecule has 0 aromatic heterocycles. The summed E-state index contributed by atoms with van der Waals surface area (Å²) in [5, 5.41) is 14.0. The van der Waals surface area contributed by atoms with Crippen molar-refractivity contribution in [3.63, 3.8) is 0 Å². The lowest BCUT2D eigenvalue weighted by molar-refractivity contribution is -0.0145. The molecule has 2 aliphatic heterocycles. The van der Waals surface area contributed by atoms with Crippen molar-refractivity contribution in [2.45, 2.75) is 51.6 Å². The molecule has 6 heteroatoms. The predicted molar refractivity (Wildman–Crippen MR) is 112 cm³/mol. The minimum Gasteiger partial charge on any atom is -0.507 e. The van der Waals surface area contributed by atoms with E-state index in [2.05, 4.69) is 31.0 Å². The molecule has 1 aliphatic carbocycles. The summed E-state index contributed by atoms with van der Waals surface area (Å²) in [6.45, 7) is 11.2. The van der Waals surface area contributed by atoms with Crippen LogP contribution >= 0.6 is 0 Å². The second kappa shape index (κ2) is 8.15. The molecule has 0 spiro atoms. The SMILES string of the molecule is C[C@@H]1CC[C@@H]2[C@@H](C1)c1c(ccc(C(=O)NCCN3CCOCC3)c1O)OC2(C)C. The molecular formula is C23H34N2O4. The van der Waals surface area contributed by atoms with Crippen LogP contribution in [0, 0.1) is 11.8 Å². The van der Waals surface area contributed by atoms with Gasteiger partial charge in [-0.3, -0.25) is 9.69 Å². The van der Waals surface area contributed by atoms with Gasteiger partial charge >= 0.3 is 0 Å². The Morgan fingerprint density at radius 1 is 1.28 bits per heavy atom. The number of benzene rings is 1. The molecule has 0 bridgehead atoms. The van der Waals surface area contributed by atoms with Crippen LogP contribution < -0.4 is 10.1 Å². The Morgan fingerprint density at radius 2 is 2.03 bits per heavy atom. The highest BCUT2D eigenvalue weighted by Gasteiger charge is 2.47. The molecule has 0 unspecified atom stereocenters. The summed E-state index contributed by atoms with van der Waals surface area (Å²) in [4.78, 5) is 15.1. The Hall–Kier alpha value is -1.79. The van der Waals surface area contributed by atoms with E-state index in [4.69, 9.17) is 9.47 Å². The number of morpholine rings is 1. The summed E-state index contributed by atoms with van der Waals surface area (Å²) >= 11 is 0. The van der Waals surface area contributed by atoms with E-state index in [1.807, 2.05) is 6.07 Å². The second-order valence-corrected chi connectivity index (χ2v) is 9.42. The standard InChI is InChI=1S/C23H34N2O4/c1-15-4-6-18-17(14-15)20-19(29-23(18,2)3)7-5-16(21(20)26)22(27)24-8-9-25-10-12-28-13-11-25/h5,7,15,17-18,26H,4,6,8-14H2,1-3H3,(H,24,27)/t15-,17-,18-/m1/s1. The van der Waals surface area contributed by atoms with Crippen molar-refractivity contribution >= 4 is 5.91 Å². The lowest BCUT2D eigenvalue weighted by Crippen LogP contribution is -2.46. The van der Waals surface area contributed by atoms with Crippen LogP contribution in [0.2, 0.25) is 0 Å². The summed E-state index contributed by atoms with van der Waals surface area (Å²) in [7, 11) is 0.